The zero-order valence-electron chi connectivity index (χ0n) is 1.74. The normalized spacial score (nSPS) is 0. The molecule has 0 aliphatic heterocycles. The summed E-state index contributed by atoms with van der Waals surface area (Å²) in [4.78, 5) is 0. The van der Waals surface area contributed by atoms with Gasteiger partial charge in [0, 0.05) is 70.7 Å². The SMILES string of the molecule is [Cu].[Fe].[Mn].[Zn]. The summed E-state index contributed by atoms with van der Waals surface area (Å²) in [5.74, 6) is 0. The van der Waals surface area contributed by atoms with E-state index in [1.807, 2.05) is 0 Å². The van der Waals surface area contributed by atoms with Crippen LogP contribution in [0.2, 0.25) is 0 Å². The standard InChI is InChI=1S/Cu.Fe.Mn.Zn. The van der Waals surface area contributed by atoms with Crippen molar-refractivity contribution in [2.24, 2.45) is 0 Å². The van der Waals surface area contributed by atoms with Crippen molar-refractivity contribution < 1.29 is 70.7 Å². The van der Waals surface area contributed by atoms with Crippen molar-refractivity contribution in [3.63, 3.8) is 0 Å². The van der Waals surface area contributed by atoms with Gasteiger partial charge in [-0.05, 0) is 0 Å². The van der Waals surface area contributed by atoms with Gasteiger partial charge in [-0.2, -0.15) is 0 Å². The van der Waals surface area contributed by atoms with Crippen molar-refractivity contribution in [3.8, 4) is 0 Å². The first kappa shape index (κ1) is 34.9. The van der Waals surface area contributed by atoms with E-state index in [4.69, 9.17) is 0 Å². The molecule has 0 aliphatic carbocycles. The molecule has 2 radical (unpaired) electrons. The zero-order valence-corrected chi connectivity index (χ0v) is 7.93. The Morgan fingerprint density at radius 1 is 1.00 bits per heavy atom. The molecule has 0 spiro atoms. The number of rotatable bonds is 0. The minimum absolute atomic E-state index is 0. The van der Waals surface area contributed by atoms with E-state index in [1.165, 1.54) is 0 Å². The Bertz CT molecular complexity index is 8.00. The number of hydrogen-bond acceptors (Lipinski definition) is 0. The van der Waals surface area contributed by atoms with Gasteiger partial charge in [-0.1, -0.05) is 0 Å². The third kappa shape index (κ3) is 8.89. The maximum absolute atomic E-state index is 0. The Hall–Kier alpha value is 2.18. The van der Waals surface area contributed by atoms with Crippen molar-refractivity contribution in [1.29, 1.82) is 0 Å². The minimum atomic E-state index is 0. The molecule has 0 bridgehead atoms. The first-order chi connectivity index (χ1) is 0. The predicted molar refractivity (Wildman–Crippen MR) is 0 cm³/mol. The molecule has 0 rings (SSSR count). The van der Waals surface area contributed by atoms with E-state index in [1.54, 1.807) is 0 Å². The minimum Gasteiger partial charge on any atom is 0 e. The third-order valence-corrected chi connectivity index (χ3v) is 0. The second-order valence-electron chi connectivity index (χ2n) is 0. The summed E-state index contributed by atoms with van der Waals surface area (Å²) in [7, 11) is 0. The molecule has 0 aromatic rings. The average molecular weight is 240 g/mol. The van der Waals surface area contributed by atoms with Gasteiger partial charge in [0.05, 0.1) is 0 Å². The summed E-state index contributed by atoms with van der Waals surface area (Å²) < 4.78 is 0. The van der Waals surface area contributed by atoms with Crippen LogP contribution in [-0.4, -0.2) is 0 Å². The molecular formula is CuFeMnZn. The molecule has 0 amide bonds. The van der Waals surface area contributed by atoms with E-state index in [0.717, 1.165) is 0 Å². The topological polar surface area (TPSA) is 0 Å². The van der Waals surface area contributed by atoms with Crippen LogP contribution in [0.15, 0.2) is 0 Å². The van der Waals surface area contributed by atoms with Gasteiger partial charge in [-0.15, -0.1) is 0 Å². The van der Waals surface area contributed by atoms with Gasteiger partial charge < -0.3 is 0 Å². The summed E-state index contributed by atoms with van der Waals surface area (Å²) in [5.41, 5.74) is 0. The van der Waals surface area contributed by atoms with Crippen molar-refractivity contribution in [2.75, 3.05) is 0 Å². The van der Waals surface area contributed by atoms with Gasteiger partial charge in [0.25, 0.3) is 0 Å². The van der Waals surface area contributed by atoms with Crippen molar-refractivity contribution in [3.05, 3.63) is 0 Å². The average Bonchev–Trinajstić information content (AvgIpc) is 0. The van der Waals surface area contributed by atoms with Gasteiger partial charge in [-0.3, -0.25) is 0 Å². The van der Waals surface area contributed by atoms with Crippen LogP contribution in [0.1, 0.15) is 0 Å². The first-order valence-corrected chi connectivity index (χ1v) is 0. The summed E-state index contributed by atoms with van der Waals surface area (Å²) in [5, 5.41) is 0. The summed E-state index contributed by atoms with van der Waals surface area (Å²) in [6.45, 7) is 0. The molecule has 0 saturated heterocycles. The number of hydrogen-bond donors (Lipinski definition) is 0. The fourth-order valence-electron chi connectivity index (χ4n) is 0. The van der Waals surface area contributed by atoms with E-state index < -0.39 is 0 Å². The molecule has 0 N–H and O–H groups in total. The fraction of sp³-hybridized carbons (Fsp3) is 0. The largest absolute Gasteiger partial charge is 0 e. The molecule has 4 heavy (non-hydrogen) atoms. The van der Waals surface area contributed by atoms with Crippen LogP contribution in [0.25, 0.3) is 0 Å². The molecule has 28 valence electrons. The smallest absolute Gasteiger partial charge is 0 e. The van der Waals surface area contributed by atoms with Crippen LogP contribution in [0.5, 0.6) is 0 Å². The van der Waals surface area contributed by atoms with Gasteiger partial charge in [0.15, 0.2) is 0 Å². The summed E-state index contributed by atoms with van der Waals surface area (Å²) >= 11 is 0. The van der Waals surface area contributed by atoms with Crippen LogP contribution in [0.3, 0.4) is 0 Å². The molecule has 0 nitrogen and oxygen atoms in total. The molecular weight excluding hydrogens is 240 g/mol. The first-order valence-electron chi connectivity index (χ1n) is 0. The second kappa shape index (κ2) is 19.0. The van der Waals surface area contributed by atoms with E-state index in [0.29, 0.717) is 0 Å². The monoisotopic (exact) mass is 238 g/mol. The summed E-state index contributed by atoms with van der Waals surface area (Å²) in [6.07, 6.45) is 0. The third-order valence-electron chi connectivity index (χ3n) is 0. The molecule has 0 aromatic carbocycles. The summed E-state index contributed by atoms with van der Waals surface area (Å²) in [6, 6.07) is 0. The quantitative estimate of drug-likeness (QED) is 0.522. The Morgan fingerprint density at radius 2 is 1.00 bits per heavy atom. The van der Waals surface area contributed by atoms with Gasteiger partial charge >= 0.3 is 0 Å². The van der Waals surface area contributed by atoms with Crippen LogP contribution in [0, 0.1) is 0 Å². The fourth-order valence-corrected chi connectivity index (χ4v) is 0. The predicted octanol–water partition coefficient (Wildman–Crippen LogP) is -0.0100. The molecule has 4 heteroatoms. The Kier molecular flexibility index (Phi) is 166. The molecule has 0 heterocycles. The van der Waals surface area contributed by atoms with Crippen LogP contribution in [-0.2, 0) is 70.7 Å². The maximum Gasteiger partial charge on any atom is 0 e. The molecule has 0 fully saturated rings. The Labute approximate surface area is 70.0 Å². The van der Waals surface area contributed by atoms with Crippen LogP contribution >= 0.6 is 0 Å². The molecule has 0 atom stereocenters. The molecule has 0 aromatic heterocycles. The molecule has 0 unspecified atom stereocenters. The Balaban J connectivity index is 0. The van der Waals surface area contributed by atoms with Gasteiger partial charge in [-0.25, -0.2) is 0 Å². The molecule has 0 aliphatic rings. The van der Waals surface area contributed by atoms with Crippen molar-refractivity contribution in [1.82, 2.24) is 0 Å². The van der Waals surface area contributed by atoms with E-state index in [-0.39, 0.29) is 70.7 Å². The van der Waals surface area contributed by atoms with Gasteiger partial charge in [0.2, 0.25) is 0 Å². The van der Waals surface area contributed by atoms with E-state index in [9.17, 15) is 0 Å². The van der Waals surface area contributed by atoms with E-state index in [2.05, 4.69) is 0 Å². The van der Waals surface area contributed by atoms with Crippen molar-refractivity contribution >= 4 is 0 Å². The van der Waals surface area contributed by atoms with Crippen LogP contribution < -0.4 is 0 Å². The zero-order chi connectivity index (χ0) is 0. The maximum atomic E-state index is 0. The van der Waals surface area contributed by atoms with E-state index >= 15 is 0 Å². The second-order valence-corrected chi connectivity index (χ2v) is 0. The van der Waals surface area contributed by atoms with Crippen LogP contribution in [0.4, 0.5) is 0 Å². The van der Waals surface area contributed by atoms with Crippen molar-refractivity contribution in [2.45, 2.75) is 0 Å². The van der Waals surface area contributed by atoms with Gasteiger partial charge in [0.1, 0.15) is 0 Å². The molecule has 0 saturated carbocycles. The Morgan fingerprint density at radius 3 is 1.00 bits per heavy atom.